The molecule has 1 aromatic carbocycles. The maximum atomic E-state index is 12.1. The second kappa shape index (κ2) is 6.51. The van der Waals surface area contributed by atoms with Crippen LogP contribution in [0, 0.1) is 0 Å². The van der Waals surface area contributed by atoms with Crippen LogP contribution in [0.4, 0.5) is 0 Å². The number of fused-ring (bicyclic) bond motifs is 1. The summed E-state index contributed by atoms with van der Waals surface area (Å²) in [6, 6.07) is 6.88. The highest BCUT2D eigenvalue weighted by molar-refractivity contribution is 6.69. The van der Waals surface area contributed by atoms with Gasteiger partial charge < -0.3 is 9.16 Å². The third-order valence-electron chi connectivity index (χ3n) is 3.10. The number of imide groups is 1. The first-order valence-corrected chi connectivity index (χ1v) is 10.5. The van der Waals surface area contributed by atoms with Gasteiger partial charge in [-0.1, -0.05) is 12.1 Å². The van der Waals surface area contributed by atoms with E-state index in [9.17, 15) is 9.59 Å². The van der Waals surface area contributed by atoms with E-state index < -0.39 is 8.32 Å². The van der Waals surface area contributed by atoms with Crippen molar-refractivity contribution in [3.8, 4) is 0 Å². The van der Waals surface area contributed by atoms with Gasteiger partial charge in [0.15, 0.2) is 8.32 Å². The van der Waals surface area contributed by atoms with E-state index in [1.165, 1.54) is 4.90 Å². The summed E-state index contributed by atoms with van der Waals surface area (Å²) in [6.07, 6.45) is 0. The summed E-state index contributed by atoms with van der Waals surface area (Å²) in [7, 11) is -1.51. The van der Waals surface area contributed by atoms with Gasteiger partial charge in [-0.05, 0) is 31.8 Å². The number of carbonyl (C=O) groups is 2. The molecular formula is C15H21NO4Si. The van der Waals surface area contributed by atoms with Crippen LogP contribution in [-0.2, 0) is 9.16 Å². The van der Waals surface area contributed by atoms with Gasteiger partial charge in [0.05, 0.1) is 37.5 Å². The number of rotatable bonds is 7. The molecule has 21 heavy (non-hydrogen) atoms. The zero-order valence-electron chi connectivity index (χ0n) is 12.7. The van der Waals surface area contributed by atoms with Crippen LogP contribution in [0.2, 0.25) is 19.6 Å². The van der Waals surface area contributed by atoms with Crippen molar-refractivity contribution < 1.29 is 18.8 Å². The van der Waals surface area contributed by atoms with E-state index in [2.05, 4.69) is 19.6 Å². The molecule has 114 valence electrons. The van der Waals surface area contributed by atoms with Crippen molar-refractivity contribution in [2.24, 2.45) is 0 Å². The van der Waals surface area contributed by atoms with E-state index in [0.29, 0.717) is 30.9 Å². The minimum absolute atomic E-state index is 0.238. The predicted molar refractivity (Wildman–Crippen MR) is 81.9 cm³/mol. The van der Waals surface area contributed by atoms with Gasteiger partial charge in [-0.25, -0.2) is 0 Å². The van der Waals surface area contributed by atoms with Crippen LogP contribution < -0.4 is 0 Å². The number of carbonyl (C=O) groups excluding carboxylic acids is 2. The Labute approximate surface area is 126 Å². The van der Waals surface area contributed by atoms with Gasteiger partial charge in [-0.3, -0.25) is 14.5 Å². The molecule has 2 amide bonds. The van der Waals surface area contributed by atoms with Crippen molar-refractivity contribution >= 4 is 20.1 Å². The molecule has 0 unspecified atom stereocenters. The first-order chi connectivity index (χ1) is 9.90. The molecule has 0 bridgehead atoms. The molecule has 0 N–H and O–H groups in total. The fraction of sp³-hybridized carbons (Fsp3) is 0.467. The van der Waals surface area contributed by atoms with Gasteiger partial charge in [0.1, 0.15) is 0 Å². The standard InChI is InChI=1S/C15H21NO4Si/c1-21(2,3)20-11-10-19-9-8-16-14(17)12-6-4-5-7-13(12)15(16)18/h4-7H,8-11H2,1-3H3. The largest absolute Gasteiger partial charge is 0.415 e. The number of benzene rings is 1. The summed E-state index contributed by atoms with van der Waals surface area (Å²) in [5.74, 6) is -0.477. The molecule has 0 atom stereocenters. The fourth-order valence-corrected chi connectivity index (χ4v) is 2.80. The van der Waals surface area contributed by atoms with E-state index in [0.717, 1.165) is 0 Å². The quantitative estimate of drug-likeness (QED) is 0.440. The second-order valence-electron chi connectivity index (χ2n) is 5.88. The minimum atomic E-state index is -1.51. The molecule has 5 nitrogen and oxygen atoms in total. The van der Waals surface area contributed by atoms with Gasteiger partial charge in [0, 0.05) is 0 Å². The Morgan fingerprint density at radius 1 is 0.952 bits per heavy atom. The minimum Gasteiger partial charge on any atom is -0.415 e. The highest BCUT2D eigenvalue weighted by Gasteiger charge is 2.34. The van der Waals surface area contributed by atoms with Crippen LogP contribution in [0.15, 0.2) is 24.3 Å². The van der Waals surface area contributed by atoms with Gasteiger partial charge in [-0.15, -0.1) is 0 Å². The lowest BCUT2D eigenvalue weighted by Gasteiger charge is -2.17. The summed E-state index contributed by atoms with van der Waals surface area (Å²) in [5.41, 5.74) is 0.953. The highest BCUT2D eigenvalue weighted by atomic mass is 28.4. The molecule has 0 saturated heterocycles. The van der Waals surface area contributed by atoms with Gasteiger partial charge >= 0.3 is 0 Å². The van der Waals surface area contributed by atoms with E-state index in [1.807, 2.05) is 0 Å². The number of ether oxygens (including phenoxy) is 1. The molecule has 1 aromatic rings. The molecule has 0 saturated carbocycles. The molecule has 1 aliphatic heterocycles. The number of hydrogen-bond acceptors (Lipinski definition) is 4. The van der Waals surface area contributed by atoms with Crippen LogP contribution in [0.3, 0.4) is 0 Å². The fourth-order valence-electron chi connectivity index (χ4n) is 2.11. The monoisotopic (exact) mass is 307 g/mol. The smallest absolute Gasteiger partial charge is 0.261 e. The van der Waals surface area contributed by atoms with E-state index in [4.69, 9.17) is 9.16 Å². The van der Waals surface area contributed by atoms with Crippen molar-refractivity contribution in [1.29, 1.82) is 0 Å². The average Bonchev–Trinajstić information content (AvgIpc) is 2.66. The van der Waals surface area contributed by atoms with Crippen LogP contribution in [0.25, 0.3) is 0 Å². The first kappa shape index (κ1) is 15.9. The molecule has 0 aromatic heterocycles. The Morgan fingerprint density at radius 2 is 1.52 bits per heavy atom. The summed E-state index contributed by atoms with van der Waals surface area (Å²) in [4.78, 5) is 25.4. The van der Waals surface area contributed by atoms with E-state index >= 15 is 0 Å². The van der Waals surface area contributed by atoms with Crippen LogP contribution in [0.1, 0.15) is 20.7 Å². The maximum Gasteiger partial charge on any atom is 0.261 e. The maximum absolute atomic E-state index is 12.1. The molecule has 0 radical (unpaired) electrons. The molecule has 0 aliphatic carbocycles. The molecule has 2 rings (SSSR count). The Balaban J connectivity index is 1.76. The zero-order chi connectivity index (χ0) is 15.5. The second-order valence-corrected chi connectivity index (χ2v) is 10.4. The Kier molecular flexibility index (Phi) is 4.92. The molecule has 6 heteroatoms. The van der Waals surface area contributed by atoms with Crippen molar-refractivity contribution in [3.63, 3.8) is 0 Å². The van der Waals surface area contributed by atoms with Crippen molar-refractivity contribution in [2.75, 3.05) is 26.4 Å². The van der Waals surface area contributed by atoms with Crippen molar-refractivity contribution in [2.45, 2.75) is 19.6 Å². The normalized spacial score (nSPS) is 14.7. The zero-order valence-corrected chi connectivity index (χ0v) is 13.7. The molecule has 0 fully saturated rings. The lowest BCUT2D eigenvalue weighted by Crippen LogP contribution is -2.33. The number of amides is 2. The van der Waals surface area contributed by atoms with Crippen LogP contribution in [0.5, 0.6) is 0 Å². The summed E-state index contributed by atoms with van der Waals surface area (Å²) < 4.78 is 11.1. The van der Waals surface area contributed by atoms with Gasteiger partial charge in [-0.2, -0.15) is 0 Å². The predicted octanol–water partition coefficient (Wildman–Crippen LogP) is 2.15. The molecule has 1 heterocycles. The Hall–Kier alpha value is -1.50. The van der Waals surface area contributed by atoms with Crippen molar-refractivity contribution in [1.82, 2.24) is 4.90 Å². The third kappa shape index (κ3) is 4.00. The SMILES string of the molecule is C[Si](C)(C)OCCOCCN1C(=O)c2ccccc2C1=O. The van der Waals surface area contributed by atoms with E-state index in [1.54, 1.807) is 24.3 Å². The average molecular weight is 307 g/mol. The van der Waals surface area contributed by atoms with E-state index in [-0.39, 0.29) is 18.4 Å². The molecule has 0 spiro atoms. The van der Waals surface area contributed by atoms with Crippen molar-refractivity contribution in [3.05, 3.63) is 35.4 Å². The number of hydrogen-bond donors (Lipinski definition) is 0. The Bertz CT molecular complexity index is 504. The lowest BCUT2D eigenvalue weighted by molar-refractivity contribution is 0.0525. The van der Waals surface area contributed by atoms with Crippen LogP contribution in [-0.4, -0.2) is 51.4 Å². The summed E-state index contributed by atoms with van der Waals surface area (Å²) in [5, 5.41) is 0. The first-order valence-electron chi connectivity index (χ1n) is 7.07. The highest BCUT2D eigenvalue weighted by Crippen LogP contribution is 2.21. The summed E-state index contributed by atoms with van der Waals surface area (Å²) in [6.45, 7) is 7.99. The van der Waals surface area contributed by atoms with Crippen LogP contribution >= 0.6 is 0 Å². The topological polar surface area (TPSA) is 55.8 Å². The summed E-state index contributed by atoms with van der Waals surface area (Å²) >= 11 is 0. The lowest BCUT2D eigenvalue weighted by atomic mass is 10.1. The Morgan fingerprint density at radius 3 is 2.05 bits per heavy atom. The van der Waals surface area contributed by atoms with Gasteiger partial charge in [0.2, 0.25) is 0 Å². The number of nitrogens with zero attached hydrogens (tertiary/aromatic N) is 1. The van der Waals surface area contributed by atoms with Gasteiger partial charge in [0.25, 0.3) is 11.8 Å². The molecule has 1 aliphatic rings. The third-order valence-corrected chi connectivity index (χ3v) is 4.17. The molecular weight excluding hydrogens is 286 g/mol.